The lowest BCUT2D eigenvalue weighted by Crippen LogP contribution is -2.31. The zero-order valence-corrected chi connectivity index (χ0v) is 12.2. The number of carboxylic acid groups (broad SMARTS) is 1. The summed E-state index contributed by atoms with van der Waals surface area (Å²) in [5.41, 5.74) is 0.598. The van der Waals surface area contributed by atoms with E-state index in [0.29, 0.717) is 23.0 Å². The standard InChI is InChI=1S/C12H19N3O3S/c1-7(2)4-9(5-10(16)17)6-13-12(18)11-8(3)14-15-19-11/h7,9H,4-6H2,1-3H3,(H,13,18)(H,16,17)/t9-/m0/s1. The first kappa shape index (κ1) is 15.6. The molecule has 1 aromatic heterocycles. The fourth-order valence-corrected chi connectivity index (χ4v) is 2.48. The SMILES string of the molecule is Cc1nnsc1C(=O)NC[C@H](CC(=O)O)CC(C)C. The molecule has 0 saturated carbocycles. The molecule has 1 amide bonds. The van der Waals surface area contributed by atoms with Gasteiger partial charge in [0.2, 0.25) is 0 Å². The number of amides is 1. The van der Waals surface area contributed by atoms with Gasteiger partial charge in [0.15, 0.2) is 0 Å². The van der Waals surface area contributed by atoms with Crippen LogP contribution in [0.3, 0.4) is 0 Å². The maximum absolute atomic E-state index is 11.9. The van der Waals surface area contributed by atoms with Gasteiger partial charge in [0.05, 0.1) is 5.69 Å². The molecule has 1 heterocycles. The molecule has 106 valence electrons. The number of aryl methyl sites for hydroxylation is 1. The van der Waals surface area contributed by atoms with Crippen molar-refractivity contribution < 1.29 is 14.7 Å². The van der Waals surface area contributed by atoms with Crippen molar-refractivity contribution in [3.05, 3.63) is 10.6 Å². The highest BCUT2D eigenvalue weighted by molar-refractivity contribution is 7.07. The van der Waals surface area contributed by atoms with E-state index in [1.807, 2.05) is 13.8 Å². The fourth-order valence-electron chi connectivity index (χ4n) is 1.91. The van der Waals surface area contributed by atoms with Gasteiger partial charge in [-0.1, -0.05) is 18.3 Å². The molecule has 0 spiro atoms. The minimum absolute atomic E-state index is 0.0531. The molecule has 0 fully saturated rings. The van der Waals surface area contributed by atoms with Crippen molar-refractivity contribution in [2.24, 2.45) is 11.8 Å². The van der Waals surface area contributed by atoms with E-state index in [1.165, 1.54) is 0 Å². The summed E-state index contributed by atoms with van der Waals surface area (Å²) in [6.07, 6.45) is 0.838. The Labute approximate surface area is 116 Å². The van der Waals surface area contributed by atoms with Crippen LogP contribution in [0.1, 0.15) is 42.1 Å². The highest BCUT2D eigenvalue weighted by atomic mass is 32.1. The summed E-state index contributed by atoms with van der Waals surface area (Å²) in [6.45, 7) is 6.16. The van der Waals surface area contributed by atoms with Crippen molar-refractivity contribution in [2.75, 3.05) is 6.54 Å². The molecule has 0 unspecified atom stereocenters. The van der Waals surface area contributed by atoms with Crippen LogP contribution in [0.4, 0.5) is 0 Å². The van der Waals surface area contributed by atoms with Gasteiger partial charge in [-0.25, -0.2) is 0 Å². The number of aliphatic carboxylic acids is 1. The number of hydrogen-bond donors (Lipinski definition) is 2. The van der Waals surface area contributed by atoms with E-state index in [0.717, 1.165) is 18.0 Å². The Balaban J connectivity index is 2.53. The molecule has 0 aliphatic heterocycles. The molecule has 0 aliphatic rings. The molecule has 1 aromatic rings. The van der Waals surface area contributed by atoms with Crippen molar-refractivity contribution in [2.45, 2.75) is 33.6 Å². The van der Waals surface area contributed by atoms with E-state index in [-0.39, 0.29) is 18.2 Å². The predicted molar refractivity (Wildman–Crippen MR) is 72.2 cm³/mol. The third kappa shape index (κ3) is 5.34. The minimum atomic E-state index is -0.837. The molecule has 0 aliphatic carbocycles. The number of aromatic nitrogens is 2. The minimum Gasteiger partial charge on any atom is -0.481 e. The van der Waals surface area contributed by atoms with Crippen LogP contribution in [0.25, 0.3) is 0 Å². The maximum atomic E-state index is 11.9. The molecule has 1 rings (SSSR count). The van der Waals surface area contributed by atoms with Gasteiger partial charge in [-0.15, -0.1) is 5.10 Å². The Hall–Kier alpha value is -1.50. The normalized spacial score (nSPS) is 12.4. The summed E-state index contributed by atoms with van der Waals surface area (Å²) in [4.78, 5) is 23.1. The summed E-state index contributed by atoms with van der Waals surface area (Å²) >= 11 is 1.05. The van der Waals surface area contributed by atoms with Crippen LogP contribution in [0, 0.1) is 18.8 Å². The van der Waals surface area contributed by atoms with Crippen LogP contribution >= 0.6 is 11.5 Å². The molecule has 1 atom stereocenters. The van der Waals surface area contributed by atoms with Crippen molar-refractivity contribution in [1.29, 1.82) is 0 Å². The lowest BCUT2D eigenvalue weighted by atomic mass is 9.94. The van der Waals surface area contributed by atoms with Crippen LogP contribution in [0.5, 0.6) is 0 Å². The number of carboxylic acids is 1. The zero-order chi connectivity index (χ0) is 14.4. The summed E-state index contributed by atoms with van der Waals surface area (Å²) in [5, 5.41) is 15.4. The molecule has 0 bridgehead atoms. The van der Waals surface area contributed by atoms with Gasteiger partial charge in [0.25, 0.3) is 5.91 Å². The second-order valence-electron chi connectivity index (χ2n) is 4.99. The smallest absolute Gasteiger partial charge is 0.303 e. The first-order valence-corrected chi connectivity index (χ1v) is 6.96. The van der Waals surface area contributed by atoms with Gasteiger partial charge in [-0.2, -0.15) is 0 Å². The number of nitrogens with one attached hydrogen (secondary N) is 1. The van der Waals surface area contributed by atoms with Gasteiger partial charge in [-0.3, -0.25) is 9.59 Å². The van der Waals surface area contributed by atoms with Crippen LogP contribution in [0.15, 0.2) is 0 Å². The lowest BCUT2D eigenvalue weighted by Gasteiger charge is -2.17. The number of nitrogens with zero attached hydrogens (tertiary/aromatic N) is 2. The Morgan fingerprint density at radius 1 is 1.42 bits per heavy atom. The quantitative estimate of drug-likeness (QED) is 0.795. The van der Waals surface area contributed by atoms with Crippen LogP contribution < -0.4 is 5.32 Å². The highest BCUT2D eigenvalue weighted by Crippen LogP contribution is 2.15. The third-order valence-electron chi connectivity index (χ3n) is 2.68. The molecule has 0 saturated heterocycles. The summed E-state index contributed by atoms with van der Waals surface area (Å²) < 4.78 is 3.70. The molecule has 19 heavy (non-hydrogen) atoms. The average molecular weight is 285 g/mol. The Morgan fingerprint density at radius 2 is 2.11 bits per heavy atom. The highest BCUT2D eigenvalue weighted by Gasteiger charge is 2.18. The van der Waals surface area contributed by atoms with Gasteiger partial charge in [-0.05, 0) is 36.7 Å². The van der Waals surface area contributed by atoms with Gasteiger partial charge >= 0.3 is 5.97 Å². The number of carbonyl (C=O) groups is 2. The Kier molecular flexibility index (Phi) is 5.88. The van der Waals surface area contributed by atoms with E-state index < -0.39 is 5.97 Å². The van der Waals surface area contributed by atoms with E-state index in [1.54, 1.807) is 6.92 Å². The molecule has 6 nitrogen and oxygen atoms in total. The maximum Gasteiger partial charge on any atom is 0.303 e. The first-order chi connectivity index (χ1) is 8.90. The zero-order valence-electron chi connectivity index (χ0n) is 11.3. The van der Waals surface area contributed by atoms with E-state index in [2.05, 4.69) is 14.9 Å². The van der Waals surface area contributed by atoms with Crippen molar-refractivity contribution in [3.8, 4) is 0 Å². The van der Waals surface area contributed by atoms with E-state index in [9.17, 15) is 9.59 Å². The van der Waals surface area contributed by atoms with Crippen LogP contribution in [-0.4, -0.2) is 33.1 Å². The first-order valence-electron chi connectivity index (χ1n) is 6.19. The summed E-state index contributed by atoms with van der Waals surface area (Å²) in [7, 11) is 0. The number of carbonyl (C=O) groups excluding carboxylic acids is 1. The Bertz CT molecular complexity index is 445. The van der Waals surface area contributed by atoms with Crippen molar-refractivity contribution in [1.82, 2.24) is 14.9 Å². The van der Waals surface area contributed by atoms with Crippen molar-refractivity contribution in [3.63, 3.8) is 0 Å². The fraction of sp³-hybridized carbons (Fsp3) is 0.667. The van der Waals surface area contributed by atoms with Gasteiger partial charge in [0, 0.05) is 13.0 Å². The third-order valence-corrected chi connectivity index (χ3v) is 3.50. The number of hydrogen-bond acceptors (Lipinski definition) is 5. The molecule has 0 radical (unpaired) electrons. The molecule has 7 heteroatoms. The average Bonchev–Trinajstić information content (AvgIpc) is 2.70. The van der Waals surface area contributed by atoms with E-state index in [4.69, 9.17) is 5.11 Å². The summed E-state index contributed by atoms with van der Waals surface area (Å²) in [5.74, 6) is -0.724. The lowest BCUT2D eigenvalue weighted by molar-refractivity contribution is -0.138. The van der Waals surface area contributed by atoms with Gasteiger partial charge in [0.1, 0.15) is 4.88 Å². The monoisotopic (exact) mass is 285 g/mol. The molecular weight excluding hydrogens is 266 g/mol. The largest absolute Gasteiger partial charge is 0.481 e. The molecular formula is C12H19N3O3S. The Morgan fingerprint density at radius 3 is 2.58 bits per heavy atom. The summed E-state index contributed by atoms with van der Waals surface area (Å²) in [6, 6.07) is 0. The van der Waals surface area contributed by atoms with Crippen LogP contribution in [0.2, 0.25) is 0 Å². The van der Waals surface area contributed by atoms with Crippen LogP contribution in [-0.2, 0) is 4.79 Å². The topological polar surface area (TPSA) is 92.2 Å². The van der Waals surface area contributed by atoms with Crippen molar-refractivity contribution >= 4 is 23.4 Å². The second-order valence-corrected chi connectivity index (χ2v) is 5.75. The predicted octanol–water partition coefficient (Wildman–Crippen LogP) is 1.71. The molecule has 2 N–H and O–H groups in total. The van der Waals surface area contributed by atoms with Gasteiger partial charge < -0.3 is 10.4 Å². The molecule has 0 aromatic carbocycles. The number of rotatable bonds is 7. The second kappa shape index (κ2) is 7.18. The van der Waals surface area contributed by atoms with E-state index >= 15 is 0 Å².